The summed E-state index contributed by atoms with van der Waals surface area (Å²) in [7, 11) is 0. The highest BCUT2D eigenvalue weighted by atomic mass is 32.1. The zero-order valence-electron chi connectivity index (χ0n) is 14.8. The number of ether oxygens (including phenoxy) is 2. The normalized spacial score (nSPS) is 15.3. The van der Waals surface area contributed by atoms with Crippen molar-refractivity contribution < 1.29 is 14.3 Å². The van der Waals surface area contributed by atoms with Crippen molar-refractivity contribution in [3.05, 3.63) is 47.0 Å². The van der Waals surface area contributed by atoms with E-state index in [-0.39, 0.29) is 5.91 Å². The highest BCUT2D eigenvalue weighted by Gasteiger charge is 2.13. The van der Waals surface area contributed by atoms with Gasteiger partial charge in [0.05, 0.1) is 25.5 Å². The van der Waals surface area contributed by atoms with Crippen molar-refractivity contribution in [2.24, 2.45) is 0 Å². The van der Waals surface area contributed by atoms with E-state index in [1.165, 1.54) is 17.4 Å². The third-order valence-electron chi connectivity index (χ3n) is 3.89. The van der Waals surface area contributed by atoms with Crippen molar-refractivity contribution in [2.75, 3.05) is 38.2 Å². The SMILES string of the molecule is CCOc1ccc(/C=C/C(=O)Nc2nc(CN3CCOCC3)cs2)cc1. The summed E-state index contributed by atoms with van der Waals surface area (Å²) >= 11 is 1.44. The van der Waals surface area contributed by atoms with Crippen LogP contribution in [0.15, 0.2) is 35.7 Å². The molecule has 1 amide bonds. The zero-order valence-corrected chi connectivity index (χ0v) is 15.6. The summed E-state index contributed by atoms with van der Waals surface area (Å²) in [6, 6.07) is 7.61. The Balaban J connectivity index is 1.49. The van der Waals surface area contributed by atoms with E-state index in [0.29, 0.717) is 11.7 Å². The summed E-state index contributed by atoms with van der Waals surface area (Å²) in [4.78, 5) is 18.9. The number of nitrogens with one attached hydrogen (secondary N) is 1. The molecule has 0 radical (unpaired) electrons. The van der Waals surface area contributed by atoms with Gasteiger partial charge in [-0.25, -0.2) is 4.98 Å². The zero-order chi connectivity index (χ0) is 18.2. The Morgan fingerprint density at radius 3 is 2.85 bits per heavy atom. The standard InChI is InChI=1S/C19H23N3O3S/c1-2-25-17-6-3-15(4-7-17)5-8-18(23)21-19-20-16(14-26-19)13-22-9-11-24-12-10-22/h3-8,14H,2,9-13H2,1H3,(H,20,21,23)/b8-5+. The number of benzene rings is 1. The molecular weight excluding hydrogens is 350 g/mol. The number of thiazole rings is 1. The van der Waals surface area contributed by atoms with Gasteiger partial charge < -0.3 is 9.47 Å². The van der Waals surface area contributed by atoms with E-state index in [4.69, 9.17) is 9.47 Å². The number of rotatable bonds is 7. The molecule has 1 aliphatic heterocycles. The second kappa shape index (κ2) is 9.47. The lowest BCUT2D eigenvalue weighted by molar-refractivity contribution is -0.111. The first-order chi connectivity index (χ1) is 12.7. The highest BCUT2D eigenvalue weighted by Crippen LogP contribution is 2.18. The van der Waals surface area contributed by atoms with Crippen LogP contribution in [0.2, 0.25) is 0 Å². The van der Waals surface area contributed by atoms with Crippen LogP contribution >= 0.6 is 11.3 Å². The minimum Gasteiger partial charge on any atom is -0.494 e. The second-order valence-corrected chi connectivity index (χ2v) is 6.72. The summed E-state index contributed by atoms with van der Waals surface area (Å²) in [6.45, 7) is 6.75. The molecule has 2 aromatic rings. The van der Waals surface area contributed by atoms with Crippen LogP contribution in [0.25, 0.3) is 6.08 Å². The van der Waals surface area contributed by atoms with Gasteiger partial charge in [0.25, 0.3) is 0 Å². The first-order valence-electron chi connectivity index (χ1n) is 8.69. The largest absolute Gasteiger partial charge is 0.494 e. The fourth-order valence-electron chi connectivity index (χ4n) is 2.59. The number of nitrogens with zero attached hydrogens (tertiary/aromatic N) is 2. The van der Waals surface area contributed by atoms with Gasteiger partial charge in [0.2, 0.25) is 5.91 Å². The average molecular weight is 373 g/mol. The Morgan fingerprint density at radius 2 is 2.12 bits per heavy atom. The lowest BCUT2D eigenvalue weighted by atomic mass is 10.2. The van der Waals surface area contributed by atoms with Gasteiger partial charge >= 0.3 is 0 Å². The van der Waals surface area contributed by atoms with Gasteiger partial charge in [-0.1, -0.05) is 12.1 Å². The second-order valence-electron chi connectivity index (χ2n) is 5.86. The van der Waals surface area contributed by atoms with Crippen molar-refractivity contribution in [2.45, 2.75) is 13.5 Å². The van der Waals surface area contributed by atoms with Gasteiger partial charge in [-0.05, 0) is 30.7 Å². The molecule has 0 spiro atoms. The van der Waals surface area contributed by atoms with E-state index in [1.807, 2.05) is 36.6 Å². The summed E-state index contributed by atoms with van der Waals surface area (Å²) in [5.41, 5.74) is 1.92. The maximum absolute atomic E-state index is 12.1. The van der Waals surface area contributed by atoms with E-state index in [0.717, 1.165) is 49.9 Å². The monoisotopic (exact) mass is 373 g/mol. The molecule has 0 bridgehead atoms. The molecule has 1 aliphatic rings. The maximum atomic E-state index is 12.1. The topological polar surface area (TPSA) is 63.7 Å². The Hall–Kier alpha value is -2.22. The number of hydrogen-bond donors (Lipinski definition) is 1. The summed E-state index contributed by atoms with van der Waals surface area (Å²) in [5, 5.41) is 5.42. The minimum atomic E-state index is -0.189. The van der Waals surface area contributed by atoms with Crippen LogP contribution in [0, 0.1) is 0 Å². The fourth-order valence-corrected chi connectivity index (χ4v) is 3.29. The number of hydrogen-bond acceptors (Lipinski definition) is 6. The van der Waals surface area contributed by atoms with Crippen LogP contribution in [-0.2, 0) is 16.1 Å². The van der Waals surface area contributed by atoms with E-state index < -0.39 is 0 Å². The first-order valence-corrected chi connectivity index (χ1v) is 9.57. The van der Waals surface area contributed by atoms with Crippen LogP contribution < -0.4 is 10.1 Å². The Morgan fingerprint density at radius 1 is 1.35 bits per heavy atom. The summed E-state index contributed by atoms with van der Waals surface area (Å²) < 4.78 is 10.7. The van der Waals surface area contributed by atoms with Crippen molar-refractivity contribution in [3.63, 3.8) is 0 Å². The quantitative estimate of drug-likeness (QED) is 0.756. The van der Waals surface area contributed by atoms with E-state index in [9.17, 15) is 4.79 Å². The van der Waals surface area contributed by atoms with Crippen molar-refractivity contribution in [3.8, 4) is 5.75 Å². The lowest BCUT2D eigenvalue weighted by Crippen LogP contribution is -2.35. The Bertz CT molecular complexity index is 737. The van der Waals surface area contributed by atoms with Crippen LogP contribution in [0.5, 0.6) is 5.75 Å². The number of carbonyl (C=O) groups is 1. The number of anilines is 1. The predicted octanol–water partition coefficient (Wildman–Crippen LogP) is 3.03. The molecule has 1 aromatic heterocycles. The number of amides is 1. The van der Waals surface area contributed by atoms with Crippen molar-refractivity contribution >= 4 is 28.5 Å². The van der Waals surface area contributed by atoms with Gasteiger partial charge in [-0.2, -0.15) is 0 Å². The van der Waals surface area contributed by atoms with Crippen molar-refractivity contribution in [1.29, 1.82) is 0 Å². The molecule has 6 nitrogen and oxygen atoms in total. The summed E-state index contributed by atoms with van der Waals surface area (Å²) in [5.74, 6) is 0.635. The maximum Gasteiger partial charge on any atom is 0.250 e. The molecule has 2 heterocycles. The summed E-state index contributed by atoms with van der Waals surface area (Å²) in [6.07, 6.45) is 3.28. The Labute approximate surface area is 157 Å². The fraction of sp³-hybridized carbons (Fsp3) is 0.368. The molecule has 1 fully saturated rings. The van der Waals surface area contributed by atoms with Crippen LogP contribution in [0.3, 0.4) is 0 Å². The molecule has 26 heavy (non-hydrogen) atoms. The first kappa shape index (κ1) is 18.6. The molecule has 138 valence electrons. The molecule has 3 rings (SSSR count). The lowest BCUT2D eigenvalue weighted by Gasteiger charge is -2.25. The van der Waals surface area contributed by atoms with Gasteiger partial charge in [-0.15, -0.1) is 11.3 Å². The van der Waals surface area contributed by atoms with Gasteiger partial charge in [0.1, 0.15) is 5.75 Å². The molecule has 1 saturated heterocycles. The highest BCUT2D eigenvalue weighted by molar-refractivity contribution is 7.13. The predicted molar refractivity (Wildman–Crippen MR) is 103 cm³/mol. The van der Waals surface area contributed by atoms with Gasteiger partial charge in [0.15, 0.2) is 5.13 Å². The smallest absolute Gasteiger partial charge is 0.250 e. The number of aromatic nitrogens is 1. The number of morpholine rings is 1. The molecule has 7 heteroatoms. The number of carbonyl (C=O) groups excluding carboxylic acids is 1. The van der Waals surface area contributed by atoms with E-state index >= 15 is 0 Å². The van der Waals surface area contributed by atoms with Crippen LogP contribution in [0.4, 0.5) is 5.13 Å². The Kier molecular flexibility index (Phi) is 6.76. The minimum absolute atomic E-state index is 0.189. The molecule has 0 saturated carbocycles. The molecule has 1 N–H and O–H groups in total. The molecule has 0 unspecified atom stereocenters. The van der Waals surface area contributed by atoms with Gasteiger partial charge in [-0.3, -0.25) is 15.0 Å². The molecule has 0 atom stereocenters. The third kappa shape index (κ3) is 5.66. The molecule has 1 aromatic carbocycles. The molecule has 0 aliphatic carbocycles. The van der Waals surface area contributed by atoms with Crippen LogP contribution in [0.1, 0.15) is 18.2 Å². The van der Waals surface area contributed by atoms with E-state index in [1.54, 1.807) is 6.08 Å². The van der Waals surface area contributed by atoms with Crippen LogP contribution in [-0.4, -0.2) is 48.7 Å². The van der Waals surface area contributed by atoms with Gasteiger partial charge in [0, 0.05) is 31.1 Å². The third-order valence-corrected chi connectivity index (χ3v) is 4.70. The van der Waals surface area contributed by atoms with Crippen molar-refractivity contribution in [1.82, 2.24) is 9.88 Å². The molecular formula is C19H23N3O3S. The van der Waals surface area contributed by atoms with E-state index in [2.05, 4.69) is 15.2 Å². The average Bonchev–Trinajstić information content (AvgIpc) is 3.09.